The van der Waals surface area contributed by atoms with Crippen LogP contribution in [-0.4, -0.2) is 34.1 Å². The summed E-state index contributed by atoms with van der Waals surface area (Å²) in [5.74, 6) is 1.82. The van der Waals surface area contributed by atoms with Crippen molar-refractivity contribution >= 4 is 20.9 Å². The van der Waals surface area contributed by atoms with Gasteiger partial charge in [-0.05, 0) is 0 Å². The average molecular weight is 210 g/mol. The van der Waals surface area contributed by atoms with Gasteiger partial charge in [0.15, 0.2) is 0 Å². The molecular weight excluding hydrogens is 197 g/mol. The van der Waals surface area contributed by atoms with Crippen molar-refractivity contribution in [2.24, 2.45) is 5.73 Å². The van der Waals surface area contributed by atoms with E-state index in [9.17, 15) is 4.79 Å². The van der Waals surface area contributed by atoms with E-state index in [4.69, 9.17) is 5.73 Å². The van der Waals surface area contributed by atoms with Crippen LogP contribution in [0, 0.1) is 0 Å². The molecule has 0 aromatic rings. The molecule has 1 unspecified atom stereocenters. The molecule has 0 fully saturated rings. The van der Waals surface area contributed by atoms with Crippen LogP contribution in [0.2, 0.25) is 11.1 Å². The van der Waals surface area contributed by atoms with Gasteiger partial charge >= 0.3 is 66.9 Å². The van der Waals surface area contributed by atoms with Crippen LogP contribution in [0.1, 0.15) is 6.42 Å². The summed E-state index contributed by atoms with van der Waals surface area (Å²) >= 11 is 0.603. The molecule has 0 saturated carbocycles. The molecule has 0 saturated heterocycles. The van der Waals surface area contributed by atoms with Crippen molar-refractivity contribution in [3.8, 4) is 0 Å². The Morgan fingerprint density at radius 2 is 2.40 bits per heavy atom. The zero-order valence-corrected chi connectivity index (χ0v) is 8.01. The second-order valence-electron chi connectivity index (χ2n) is 1.91. The molecule has 0 amide bonds. The summed E-state index contributed by atoms with van der Waals surface area (Å²) in [6.45, 7) is 0. The topological polar surface area (TPSA) is 52.3 Å². The van der Waals surface area contributed by atoms with E-state index in [0.29, 0.717) is 15.0 Å². The van der Waals surface area contributed by atoms with Gasteiger partial charge in [-0.2, -0.15) is 0 Å². The third-order valence-electron chi connectivity index (χ3n) is 1.14. The fourth-order valence-electron chi connectivity index (χ4n) is 0.514. The molecule has 0 aliphatic carbocycles. The van der Waals surface area contributed by atoms with E-state index in [1.54, 1.807) is 0 Å². The van der Waals surface area contributed by atoms with Crippen LogP contribution in [-0.2, 0) is 9.53 Å². The summed E-state index contributed by atoms with van der Waals surface area (Å²) in [6.07, 6.45) is 0.753. The van der Waals surface area contributed by atoms with E-state index in [1.807, 2.05) is 0 Å². The zero-order chi connectivity index (χ0) is 7.98. The molecule has 0 spiro atoms. The first kappa shape index (κ1) is 9.95. The van der Waals surface area contributed by atoms with Crippen LogP contribution in [0.25, 0.3) is 0 Å². The maximum absolute atomic E-state index is 10.7. The molecule has 4 heteroatoms. The van der Waals surface area contributed by atoms with E-state index >= 15 is 0 Å². The van der Waals surface area contributed by atoms with E-state index in [0.717, 1.165) is 11.7 Å². The number of rotatable bonds is 4. The Kier molecular flexibility index (Phi) is 5.68. The fourth-order valence-corrected chi connectivity index (χ4v) is 1.54. The molecule has 1 atom stereocenters. The first-order valence-electron chi connectivity index (χ1n) is 3.04. The molecule has 60 valence electrons. The predicted molar refractivity (Wildman–Crippen MR) is 41.0 cm³/mol. The van der Waals surface area contributed by atoms with E-state index in [1.165, 1.54) is 7.11 Å². The second-order valence-corrected chi connectivity index (χ2v) is 3.98. The third kappa shape index (κ3) is 3.88. The van der Waals surface area contributed by atoms with Gasteiger partial charge in [-0.25, -0.2) is 0 Å². The number of carbonyl (C=O) groups is 1. The van der Waals surface area contributed by atoms with Crippen molar-refractivity contribution in [1.29, 1.82) is 0 Å². The van der Waals surface area contributed by atoms with E-state index in [2.05, 4.69) is 10.6 Å². The quantitative estimate of drug-likeness (QED) is 0.526. The summed E-state index contributed by atoms with van der Waals surface area (Å²) in [6, 6.07) is -0.410. The Morgan fingerprint density at radius 3 is 2.80 bits per heavy atom. The Hall–Kier alpha value is -0.0505. The van der Waals surface area contributed by atoms with Crippen molar-refractivity contribution in [2.75, 3.05) is 7.11 Å². The van der Waals surface area contributed by atoms with Gasteiger partial charge in [0.1, 0.15) is 0 Å². The van der Waals surface area contributed by atoms with Crippen LogP contribution < -0.4 is 5.73 Å². The number of carbonyl (C=O) groups excluding carboxylic acids is 1. The molecule has 0 rings (SSSR count). The summed E-state index contributed by atoms with van der Waals surface area (Å²) in [5, 5.41) is 1.04. The van der Waals surface area contributed by atoms with E-state index in [-0.39, 0.29) is 5.97 Å². The molecule has 0 radical (unpaired) electrons. The molecule has 2 N–H and O–H groups in total. The number of esters is 1. The van der Waals surface area contributed by atoms with Crippen molar-refractivity contribution in [3.63, 3.8) is 0 Å². The zero-order valence-electron chi connectivity index (χ0n) is 6.29. The third-order valence-corrected chi connectivity index (χ3v) is 2.49. The SMILES string of the molecule is COC(=O)C(N)CC[Se]C. The summed E-state index contributed by atoms with van der Waals surface area (Å²) in [5.41, 5.74) is 5.45. The minimum atomic E-state index is -0.410. The maximum atomic E-state index is 10.7. The average Bonchev–Trinajstić information content (AvgIpc) is 1.98. The Balaban J connectivity index is 3.41. The number of hydrogen-bond donors (Lipinski definition) is 1. The van der Waals surface area contributed by atoms with Gasteiger partial charge in [0.2, 0.25) is 0 Å². The summed E-state index contributed by atoms with van der Waals surface area (Å²) < 4.78 is 4.45. The normalized spacial score (nSPS) is 12.7. The molecule has 0 aromatic heterocycles. The summed E-state index contributed by atoms with van der Waals surface area (Å²) in [7, 11) is 1.36. The minimum absolute atomic E-state index is 0.302. The Morgan fingerprint density at radius 1 is 1.80 bits per heavy atom. The van der Waals surface area contributed by atoms with E-state index < -0.39 is 6.04 Å². The Bertz CT molecular complexity index is 108. The van der Waals surface area contributed by atoms with Gasteiger partial charge in [-0.15, -0.1) is 0 Å². The molecule has 0 heterocycles. The number of ether oxygens (including phenoxy) is 1. The van der Waals surface area contributed by atoms with Crippen LogP contribution in [0.4, 0.5) is 0 Å². The molecule has 10 heavy (non-hydrogen) atoms. The Labute approximate surface area is 67.5 Å². The summed E-state index contributed by atoms with van der Waals surface area (Å²) in [4.78, 5) is 10.7. The fraction of sp³-hybridized carbons (Fsp3) is 0.833. The van der Waals surface area contributed by atoms with Crippen molar-refractivity contribution in [1.82, 2.24) is 0 Å². The van der Waals surface area contributed by atoms with Crippen LogP contribution in [0.3, 0.4) is 0 Å². The first-order chi connectivity index (χ1) is 4.72. The van der Waals surface area contributed by atoms with Crippen LogP contribution >= 0.6 is 0 Å². The van der Waals surface area contributed by atoms with Crippen molar-refractivity contribution in [2.45, 2.75) is 23.6 Å². The predicted octanol–water partition coefficient (Wildman–Crippen LogP) is 0.0474. The van der Waals surface area contributed by atoms with Gasteiger partial charge in [-0.3, -0.25) is 0 Å². The second kappa shape index (κ2) is 5.71. The molecular formula is C6H13NO2Se. The first-order valence-corrected chi connectivity index (χ1v) is 5.97. The molecule has 3 nitrogen and oxygen atoms in total. The van der Waals surface area contributed by atoms with Gasteiger partial charge in [0.25, 0.3) is 0 Å². The van der Waals surface area contributed by atoms with Crippen molar-refractivity contribution < 1.29 is 9.53 Å². The molecule has 0 aliphatic rings. The molecule has 0 aliphatic heterocycles. The van der Waals surface area contributed by atoms with Crippen LogP contribution in [0.5, 0.6) is 0 Å². The monoisotopic (exact) mass is 211 g/mol. The van der Waals surface area contributed by atoms with Gasteiger partial charge in [0, 0.05) is 0 Å². The van der Waals surface area contributed by atoms with Gasteiger partial charge in [-0.1, -0.05) is 0 Å². The number of hydrogen-bond acceptors (Lipinski definition) is 3. The molecule has 0 bridgehead atoms. The standard InChI is InChI=1S/C6H13NO2Se/c1-9-6(8)5(7)3-4-10-2/h5H,3-4,7H2,1-2H3. The number of nitrogens with two attached hydrogens (primary N) is 1. The van der Waals surface area contributed by atoms with Gasteiger partial charge < -0.3 is 0 Å². The number of methoxy groups -OCH3 is 1. The van der Waals surface area contributed by atoms with Gasteiger partial charge in [0.05, 0.1) is 0 Å². The van der Waals surface area contributed by atoms with Crippen molar-refractivity contribution in [3.05, 3.63) is 0 Å². The van der Waals surface area contributed by atoms with Crippen LogP contribution in [0.15, 0.2) is 0 Å². The molecule has 0 aromatic carbocycles.